The highest BCUT2D eigenvalue weighted by Gasteiger charge is 2.28. The molecule has 112 valence electrons. The average molecular weight is 333 g/mol. The maximum Gasteiger partial charge on any atom is 0.249 e. The molecule has 1 amide bonds. The van der Waals surface area contributed by atoms with E-state index in [9.17, 15) is 4.79 Å². The normalized spacial score (nSPS) is 14.3. The number of halogens is 1. The largest absolute Gasteiger partial charge is 0.363 e. The van der Waals surface area contributed by atoms with Gasteiger partial charge in [0, 0.05) is 12.2 Å². The van der Waals surface area contributed by atoms with Crippen LogP contribution >= 0.6 is 23.1 Å². The highest BCUT2D eigenvalue weighted by Crippen LogP contribution is 2.30. The van der Waals surface area contributed by atoms with E-state index in [1.54, 1.807) is 11.8 Å². The number of amides is 1. The van der Waals surface area contributed by atoms with Crippen LogP contribution in [0.25, 0.3) is 0 Å². The van der Waals surface area contributed by atoms with Gasteiger partial charge in [0.1, 0.15) is 22.7 Å². The van der Waals surface area contributed by atoms with Crippen molar-refractivity contribution in [3.8, 4) is 6.07 Å². The van der Waals surface area contributed by atoms with E-state index in [0.717, 1.165) is 23.6 Å². The molecule has 0 bridgehead atoms. The van der Waals surface area contributed by atoms with E-state index in [0.29, 0.717) is 11.5 Å². The number of carbonyl (C=O) groups is 1. The van der Waals surface area contributed by atoms with Crippen LogP contribution in [-0.4, -0.2) is 22.9 Å². The molecule has 1 aromatic carbocycles. The third-order valence-corrected chi connectivity index (χ3v) is 4.79. The first kappa shape index (κ1) is 14.8. The van der Waals surface area contributed by atoms with E-state index >= 15 is 0 Å². The predicted molar refractivity (Wildman–Crippen MR) is 87.4 cm³/mol. The molecule has 0 saturated heterocycles. The lowest BCUT2D eigenvalue weighted by atomic mass is 10.2. The molecule has 1 aliphatic heterocycles. The molecule has 2 heterocycles. The number of aromatic nitrogens is 1. The first-order valence-electron chi connectivity index (χ1n) is 6.83. The second-order valence-electron chi connectivity index (χ2n) is 5.02. The van der Waals surface area contributed by atoms with Gasteiger partial charge in [-0.05, 0) is 36.5 Å². The molecule has 3 rings (SSSR count). The van der Waals surface area contributed by atoms with Crippen LogP contribution in [0.4, 0.5) is 10.7 Å². The number of nitrogens with one attached hydrogen (secondary N) is 1. The topological polar surface area (TPSA) is 69.0 Å². The van der Waals surface area contributed by atoms with Gasteiger partial charge in [0.25, 0.3) is 0 Å². The van der Waals surface area contributed by atoms with Gasteiger partial charge in [-0.2, -0.15) is 9.64 Å². The predicted octanol–water partition coefficient (Wildman–Crippen LogP) is 3.06. The Kier molecular flexibility index (Phi) is 4.01. The Hall–Kier alpha value is -2.10. The zero-order valence-electron chi connectivity index (χ0n) is 11.8. The van der Waals surface area contributed by atoms with E-state index < -0.39 is 6.04 Å². The van der Waals surface area contributed by atoms with Gasteiger partial charge in [0.2, 0.25) is 5.91 Å². The lowest BCUT2D eigenvalue weighted by molar-refractivity contribution is -0.118. The summed E-state index contributed by atoms with van der Waals surface area (Å²) in [4.78, 5) is 14.4. The molecule has 22 heavy (non-hydrogen) atoms. The number of para-hydroxylation sites is 1. The van der Waals surface area contributed by atoms with E-state index in [1.165, 1.54) is 5.56 Å². The van der Waals surface area contributed by atoms with Crippen molar-refractivity contribution in [3.05, 3.63) is 40.5 Å². The summed E-state index contributed by atoms with van der Waals surface area (Å²) in [7, 11) is 0. The van der Waals surface area contributed by atoms with E-state index in [4.69, 9.17) is 16.9 Å². The Morgan fingerprint density at radius 3 is 3.09 bits per heavy atom. The van der Waals surface area contributed by atoms with Crippen molar-refractivity contribution < 1.29 is 4.79 Å². The highest BCUT2D eigenvalue weighted by molar-refractivity contribution is 7.10. The molecular weight excluding hydrogens is 320 g/mol. The smallest absolute Gasteiger partial charge is 0.249 e. The number of rotatable bonds is 3. The summed E-state index contributed by atoms with van der Waals surface area (Å²) < 4.78 is 3.93. The van der Waals surface area contributed by atoms with Gasteiger partial charge in [-0.1, -0.05) is 29.8 Å². The Morgan fingerprint density at radius 1 is 1.55 bits per heavy atom. The summed E-state index contributed by atoms with van der Waals surface area (Å²) in [6.07, 6.45) is 0.866. The number of anilines is 2. The fourth-order valence-electron chi connectivity index (χ4n) is 2.53. The van der Waals surface area contributed by atoms with Crippen molar-refractivity contribution in [2.75, 3.05) is 16.8 Å². The number of benzene rings is 1. The molecule has 0 saturated carbocycles. The minimum Gasteiger partial charge on any atom is -0.363 e. The molecule has 5 nitrogen and oxygen atoms in total. The van der Waals surface area contributed by atoms with Gasteiger partial charge in [-0.25, -0.2) is 0 Å². The standard InChI is InChI=1S/C15H13ClN4OS/c1-9(18-14-11(8-17)13(16)19-22-14)15(21)20-7-6-10-4-2-3-5-12(10)20/h2-5,9,18H,6-7H2,1H3. The molecule has 1 unspecified atom stereocenters. The van der Waals surface area contributed by atoms with Crippen LogP contribution in [0, 0.1) is 11.3 Å². The van der Waals surface area contributed by atoms with Crippen molar-refractivity contribution in [1.29, 1.82) is 5.26 Å². The number of nitrogens with zero attached hydrogens (tertiary/aromatic N) is 3. The van der Waals surface area contributed by atoms with Gasteiger partial charge in [0.05, 0.1) is 0 Å². The molecule has 1 aliphatic rings. The van der Waals surface area contributed by atoms with Crippen molar-refractivity contribution in [3.63, 3.8) is 0 Å². The van der Waals surface area contributed by atoms with Crippen LogP contribution in [-0.2, 0) is 11.2 Å². The average Bonchev–Trinajstić information content (AvgIpc) is 3.10. The van der Waals surface area contributed by atoms with Crippen molar-refractivity contribution >= 4 is 39.7 Å². The minimum atomic E-state index is -0.463. The Morgan fingerprint density at radius 2 is 2.32 bits per heavy atom. The van der Waals surface area contributed by atoms with Gasteiger partial charge in [-0.3, -0.25) is 4.79 Å². The third-order valence-electron chi connectivity index (χ3n) is 3.63. The maximum absolute atomic E-state index is 12.7. The monoisotopic (exact) mass is 332 g/mol. The lowest BCUT2D eigenvalue weighted by Gasteiger charge is -2.22. The Bertz CT molecular complexity index is 767. The SMILES string of the molecule is CC(Nc1snc(Cl)c1C#N)C(=O)N1CCc2ccccc21. The van der Waals surface area contributed by atoms with Gasteiger partial charge >= 0.3 is 0 Å². The third kappa shape index (κ3) is 2.54. The first-order chi connectivity index (χ1) is 10.6. The van der Waals surface area contributed by atoms with E-state index in [-0.39, 0.29) is 16.6 Å². The molecule has 2 aromatic rings. The second-order valence-corrected chi connectivity index (χ2v) is 6.16. The molecule has 7 heteroatoms. The zero-order chi connectivity index (χ0) is 15.7. The molecule has 0 spiro atoms. The van der Waals surface area contributed by atoms with Crippen LogP contribution in [0.15, 0.2) is 24.3 Å². The summed E-state index contributed by atoms with van der Waals surface area (Å²) in [5, 5.41) is 12.8. The van der Waals surface area contributed by atoms with Crippen molar-refractivity contribution in [2.24, 2.45) is 0 Å². The van der Waals surface area contributed by atoms with Gasteiger partial charge < -0.3 is 10.2 Å². The van der Waals surface area contributed by atoms with Crippen molar-refractivity contribution in [2.45, 2.75) is 19.4 Å². The molecular formula is C15H13ClN4OS. The Labute approximate surface area is 137 Å². The molecule has 0 aliphatic carbocycles. The number of fused-ring (bicyclic) bond motifs is 1. The number of nitriles is 1. The summed E-state index contributed by atoms with van der Waals surface area (Å²) in [6.45, 7) is 2.46. The molecule has 1 N–H and O–H groups in total. The van der Waals surface area contributed by atoms with Crippen LogP contribution < -0.4 is 10.2 Å². The maximum atomic E-state index is 12.7. The zero-order valence-corrected chi connectivity index (χ0v) is 13.4. The van der Waals surface area contributed by atoms with Crippen molar-refractivity contribution in [1.82, 2.24) is 4.37 Å². The van der Waals surface area contributed by atoms with Gasteiger partial charge in [-0.15, -0.1) is 0 Å². The van der Waals surface area contributed by atoms with Crippen LogP contribution in [0.1, 0.15) is 18.1 Å². The summed E-state index contributed by atoms with van der Waals surface area (Å²) in [5.74, 6) is -0.0293. The van der Waals surface area contributed by atoms with Crippen LogP contribution in [0.2, 0.25) is 5.15 Å². The molecule has 0 radical (unpaired) electrons. The van der Waals surface area contributed by atoms with Crippen LogP contribution in [0.3, 0.4) is 0 Å². The number of carbonyl (C=O) groups excluding carboxylic acids is 1. The Balaban J connectivity index is 1.77. The van der Waals surface area contributed by atoms with E-state index in [1.807, 2.05) is 30.3 Å². The minimum absolute atomic E-state index is 0.0293. The summed E-state index contributed by atoms with van der Waals surface area (Å²) in [5.41, 5.74) is 2.43. The van der Waals surface area contributed by atoms with Gasteiger partial charge in [0.15, 0.2) is 5.15 Å². The summed E-state index contributed by atoms with van der Waals surface area (Å²) >= 11 is 6.93. The highest BCUT2D eigenvalue weighted by atomic mass is 35.5. The first-order valence-corrected chi connectivity index (χ1v) is 7.98. The molecule has 1 atom stereocenters. The number of hydrogen-bond donors (Lipinski definition) is 1. The quantitative estimate of drug-likeness (QED) is 0.937. The van der Waals surface area contributed by atoms with E-state index in [2.05, 4.69) is 9.69 Å². The fraction of sp³-hybridized carbons (Fsp3) is 0.267. The summed E-state index contributed by atoms with van der Waals surface area (Å²) in [6, 6.07) is 9.44. The lowest BCUT2D eigenvalue weighted by Crippen LogP contribution is -2.40. The van der Waals surface area contributed by atoms with Crippen LogP contribution in [0.5, 0.6) is 0 Å². The fourth-order valence-corrected chi connectivity index (χ4v) is 3.55. The molecule has 0 fully saturated rings. The molecule has 1 aromatic heterocycles. The number of hydrogen-bond acceptors (Lipinski definition) is 5. The second kappa shape index (κ2) is 5.95.